The summed E-state index contributed by atoms with van der Waals surface area (Å²) in [6, 6.07) is 15.3. The van der Waals surface area contributed by atoms with E-state index in [1.165, 1.54) is 17.6 Å². The SMILES string of the molecule is CCC/C(=C\c1cc(Br)ccc1O)CC[C@H]1OC[C@H]2C1=C(COc1ccccc1)C[C@H]1C(=O)N(C3CCCCC3)C(=O)[C@H]12. The highest BCUT2D eigenvalue weighted by molar-refractivity contribution is 9.10. The Bertz CT molecular complexity index is 1400. The first-order valence-corrected chi connectivity index (χ1v) is 16.8. The van der Waals surface area contributed by atoms with E-state index >= 15 is 0 Å². The largest absolute Gasteiger partial charge is 0.507 e. The normalized spacial score (nSPS) is 26.2. The molecule has 2 aromatic rings. The van der Waals surface area contributed by atoms with Gasteiger partial charge in [0.25, 0.3) is 0 Å². The molecule has 228 valence electrons. The average molecular weight is 649 g/mol. The van der Waals surface area contributed by atoms with E-state index in [4.69, 9.17) is 9.47 Å². The number of nitrogens with zero attached hydrogens (tertiary/aromatic N) is 1. The maximum Gasteiger partial charge on any atom is 0.234 e. The zero-order valence-corrected chi connectivity index (χ0v) is 26.6. The first-order chi connectivity index (χ1) is 20.9. The van der Waals surface area contributed by atoms with E-state index in [0.717, 1.165) is 72.7 Å². The number of likely N-dealkylation sites (tertiary alicyclic amines) is 1. The van der Waals surface area contributed by atoms with Crippen molar-refractivity contribution in [1.29, 1.82) is 0 Å². The summed E-state index contributed by atoms with van der Waals surface area (Å²) in [4.78, 5) is 29.4. The van der Waals surface area contributed by atoms with Crippen molar-refractivity contribution in [3.63, 3.8) is 0 Å². The Kier molecular flexibility index (Phi) is 9.39. The molecule has 0 spiro atoms. The molecular formula is C36H42BrNO5. The highest BCUT2D eigenvalue weighted by Crippen LogP contribution is 2.51. The lowest BCUT2D eigenvalue weighted by Gasteiger charge is -2.32. The molecule has 6 rings (SSSR count). The first-order valence-electron chi connectivity index (χ1n) is 16.0. The monoisotopic (exact) mass is 647 g/mol. The second-order valence-corrected chi connectivity index (χ2v) is 13.5. The number of rotatable bonds is 10. The molecule has 2 amide bonds. The lowest BCUT2D eigenvalue weighted by molar-refractivity contribution is -0.143. The van der Waals surface area contributed by atoms with Gasteiger partial charge in [0, 0.05) is 22.0 Å². The summed E-state index contributed by atoms with van der Waals surface area (Å²) in [5.41, 5.74) is 4.37. The molecule has 3 fully saturated rings. The van der Waals surface area contributed by atoms with Crippen molar-refractivity contribution < 1.29 is 24.2 Å². The zero-order valence-electron chi connectivity index (χ0n) is 25.0. The Hall–Kier alpha value is -2.90. The smallest absolute Gasteiger partial charge is 0.234 e. The predicted molar refractivity (Wildman–Crippen MR) is 170 cm³/mol. The number of carbonyl (C=O) groups excluding carboxylic acids is 2. The number of para-hydroxylation sites is 1. The highest BCUT2D eigenvalue weighted by atomic mass is 79.9. The summed E-state index contributed by atoms with van der Waals surface area (Å²) < 4.78 is 13.7. The molecule has 4 aliphatic rings. The maximum absolute atomic E-state index is 14.0. The van der Waals surface area contributed by atoms with Crippen LogP contribution in [-0.2, 0) is 14.3 Å². The molecule has 2 heterocycles. The molecule has 0 aromatic heterocycles. The summed E-state index contributed by atoms with van der Waals surface area (Å²) in [5.74, 6) is 0.355. The topological polar surface area (TPSA) is 76.1 Å². The van der Waals surface area contributed by atoms with Crippen LogP contribution in [0.5, 0.6) is 11.5 Å². The second kappa shape index (κ2) is 13.4. The van der Waals surface area contributed by atoms with E-state index in [-0.39, 0.29) is 47.5 Å². The summed E-state index contributed by atoms with van der Waals surface area (Å²) in [5, 5.41) is 10.4. The number of hydrogen-bond donors (Lipinski definition) is 1. The van der Waals surface area contributed by atoms with Gasteiger partial charge in [-0.25, -0.2) is 0 Å². The van der Waals surface area contributed by atoms with Crippen molar-refractivity contribution in [1.82, 2.24) is 4.90 Å². The summed E-state index contributed by atoms with van der Waals surface area (Å²) in [6.07, 6.45) is 11.3. The Morgan fingerprint density at radius 3 is 2.60 bits per heavy atom. The van der Waals surface area contributed by atoms with Gasteiger partial charge in [-0.1, -0.05) is 78.4 Å². The molecule has 43 heavy (non-hydrogen) atoms. The Balaban J connectivity index is 1.27. The third kappa shape index (κ3) is 6.34. The van der Waals surface area contributed by atoms with Crippen LogP contribution in [0.2, 0.25) is 0 Å². The Morgan fingerprint density at radius 1 is 1.05 bits per heavy atom. The van der Waals surface area contributed by atoms with Gasteiger partial charge in [0.05, 0.1) is 24.5 Å². The number of aromatic hydroxyl groups is 1. The van der Waals surface area contributed by atoms with Crippen LogP contribution in [0.3, 0.4) is 0 Å². The molecule has 4 atom stereocenters. The van der Waals surface area contributed by atoms with Crippen LogP contribution in [0, 0.1) is 17.8 Å². The van der Waals surface area contributed by atoms with Crippen molar-refractivity contribution in [3.8, 4) is 11.5 Å². The summed E-state index contributed by atoms with van der Waals surface area (Å²) in [6.45, 7) is 3.03. The van der Waals surface area contributed by atoms with E-state index in [2.05, 4.69) is 28.9 Å². The van der Waals surface area contributed by atoms with Gasteiger partial charge < -0.3 is 14.6 Å². The summed E-state index contributed by atoms with van der Waals surface area (Å²) in [7, 11) is 0. The fraction of sp³-hybridized carbons (Fsp3) is 0.500. The van der Waals surface area contributed by atoms with Crippen molar-refractivity contribution in [2.24, 2.45) is 17.8 Å². The highest BCUT2D eigenvalue weighted by Gasteiger charge is 2.58. The fourth-order valence-corrected chi connectivity index (χ4v) is 8.16. The van der Waals surface area contributed by atoms with Crippen LogP contribution < -0.4 is 4.74 Å². The number of phenols is 1. The van der Waals surface area contributed by atoms with Crippen molar-refractivity contribution >= 4 is 33.8 Å². The van der Waals surface area contributed by atoms with Crippen LogP contribution in [0.25, 0.3) is 6.08 Å². The van der Waals surface area contributed by atoms with Crippen LogP contribution in [0.4, 0.5) is 0 Å². The predicted octanol–water partition coefficient (Wildman–Crippen LogP) is 7.85. The minimum absolute atomic E-state index is 0.0172. The number of phenolic OH excluding ortho intramolecular Hbond substituents is 1. The molecule has 7 heteroatoms. The van der Waals surface area contributed by atoms with Crippen LogP contribution in [-0.4, -0.2) is 47.2 Å². The van der Waals surface area contributed by atoms with Gasteiger partial charge >= 0.3 is 0 Å². The molecule has 0 bridgehead atoms. The molecule has 1 saturated carbocycles. The lowest BCUT2D eigenvalue weighted by atomic mass is 9.69. The molecule has 2 aromatic carbocycles. The van der Waals surface area contributed by atoms with E-state index in [1.807, 2.05) is 42.5 Å². The van der Waals surface area contributed by atoms with Crippen molar-refractivity contribution in [2.75, 3.05) is 13.2 Å². The van der Waals surface area contributed by atoms with Crippen LogP contribution in [0.15, 0.2) is 69.7 Å². The zero-order chi connectivity index (χ0) is 29.9. The van der Waals surface area contributed by atoms with Gasteiger partial charge in [0.15, 0.2) is 0 Å². The number of benzene rings is 2. The fourth-order valence-electron chi connectivity index (χ4n) is 7.78. The number of ether oxygens (including phenoxy) is 2. The van der Waals surface area contributed by atoms with E-state index in [9.17, 15) is 14.7 Å². The number of imide groups is 1. The summed E-state index contributed by atoms with van der Waals surface area (Å²) >= 11 is 3.52. The third-order valence-corrected chi connectivity index (χ3v) is 10.3. The lowest BCUT2D eigenvalue weighted by Crippen LogP contribution is -2.42. The molecule has 6 nitrogen and oxygen atoms in total. The quantitative estimate of drug-likeness (QED) is 0.210. The Labute approximate surface area is 263 Å². The minimum atomic E-state index is -0.334. The average Bonchev–Trinajstić information content (AvgIpc) is 3.55. The van der Waals surface area contributed by atoms with Gasteiger partial charge in [-0.05, 0) is 80.0 Å². The van der Waals surface area contributed by atoms with E-state index in [1.54, 1.807) is 11.0 Å². The number of carbonyl (C=O) groups is 2. The molecule has 2 aliphatic heterocycles. The number of halogens is 1. The molecule has 0 unspecified atom stereocenters. The van der Waals surface area contributed by atoms with E-state index < -0.39 is 0 Å². The second-order valence-electron chi connectivity index (χ2n) is 12.6. The molecule has 0 radical (unpaired) electrons. The van der Waals surface area contributed by atoms with Gasteiger partial charge in [-0.15, -0.1) is 0 Å². The molecule has 2 saturated heterocycles. The van der Waals surface area contributed by atoms with Gasteiger partial charge in [-0.2, -0.15) is 0 Å². The number of amides is 2. The molecule has 2 aliphatic carbocycles. The van der Waals surface area contributed by atoms with Gasteiger partial charge in [0.2, 0.25) is 11.8 Å². The third-order valence-electron chi connectivity index (χ3n) is 9.79. The number of fused-ring (bicyclic) bond motifs is 3. The number of allylic oxidation sites excluding steroid dienone is 1. The maximum atomic E-state index is 14.0. The van der Waals surface area contributed by atoms with Crippen LogP contribution in [0.1, 0.15) is 76.7 Å². The van der Waals surface area contributed by atoms with E-state index in [0.29, 0.717) is 19.6 Å². The van der Waals surface area contributed by atoms with Gasteiger partial charge in [0.1, 0.15) is 18.1 Å². The first kappa shape index (κ1) is 30.1. The molecular weight excluding hydrogens is 606 g/mol. The Morgan fingerprint density at radius 2 is 1.84 bits per heavy atom. The van der Waals surface area contributed by atoms with Gasteiger partial charge in [-0.3, -0.25) is 14.5 Å². The van der Waals surface area contributed by atoms with Crippen molar-refractivity contribution in [2.45, 2.75) is 83.3 Å². The number of hydrogen-bond acceptors (Lipinski definition) is 5. The molecule has 1 N–H and O–H groups in total. The van der Waals surface area contributed by atoms with Crippen molar-refractivity contribution in [3.05, 3.63) is 75.3 Å². The standard InChI is InChI=1S/C36H42BrNO5/c1-2-9-23(18-24-19-26(37)15-16-31(24)39)14-17-32-33-25(21-42-28-12-7-4-8-13-28)20-29-34(30(33)22-43-32)36(41)38(35(29)40)27-10-5-3-6-11-27/h4,7-8,12-13,15-16,18-19,27,29-30,32,34,39H,2-3,5-6,9-11,14,17,20-22H2,1H3/b23-18+/t29-,30+,32-,34-/m1/s1. The van der Waals surface area contributed by atoms with Crippen LogP contribution >= 0.6 is 15.9 Å². The minimum Gasteiger partial charge on any atom is -0.507 e.